The summed E-state index contributed by atoms with van der Waals surface area (Å²) in [6.07, 6.45) is 0.924. The molecule has 2 amide bonds. The van der Waals surface area contributed by atoms with E-state index in [1.54, 1.807) is 25.0 Å². The van der Waals surface area contributed by atoms with Crippen molar-refractivity contribution in [3.05, 3.63) is 71.0 Å². The molecule has 3 rings (SSSR count). The molecule has 1 fully saturated rings. The Morgan fingerprint density at radius 2 is 1.93 bits per heavy atom. The second kappa shape index (κ2) is 10.3. The van der Waals surface area contributed by atoms with E-state index in [0.29, 0.717) is 44.6 Å². The first kappa shape index (κ1) is 22.0. The lowest BCUT2D eigenvalue weighted by molar-refractivity contribution is -0.135. The van der Waals surface area contributed by atoms with Gasteiger partial charge in [-0.15, -0.1) is 0 Å². The molecule has 6 heteroatoms. The predicted octanol–water partition coefficient (Wildman–Crippen LogP) is 3.07. The topological polar surface area (TPSA) is 58.6 Å². The highest BCUT2D eigenvalue weighted by atomic mass is 19.1. The van der Waals surface area contributed by atoms with Crippen molar-refractivity contribution in [3.8, 4) is 0 Å². The zero-order chi connectivity index (χ0) is 21.5. The van der Waals surface area contributed by atoms with E-state index in [1.165, 1.54) is 6.07 Å². The smallest absolute Gasteiger partial charge is 0.227 e. The number of hydrogen-bond donors (Lipinski definition) is 1. The third-order valence-corrected chi connectivity index (χ3v) is 5.63. The summed E-state index contributed by atoms with van der Waals surface area (Å²) < 4.78 is 18.8. The van der Waals surface area contributed by atoms with Gasteiger partial charge in [-0.25, -0.2) is 4.39 Å². The molecular weight excluding hydrogens is 383 g/mol. The van der Waals surface area contributed by atoms with E-state index in [1.807, 2.05) is 36.4 Å². The summed E-state index contributed by atoms with van der Waals surface area (Å²) in [5, 5.41) is 2.89. The maximum Gasteiger partial charge on any atom is 0.227 e. The lowest BCUT2D eigenvalue weighted by Gasteiger charge is -2.37. The van der Waals surface area contributed by atoms with Crippen LogP contribution < -0.4 is 5.32 Å². The first-order valence-corrected chi connectivity index (χ1v) is 10.3. The number of benzene rings is 2. The Labute approximate surface area is 177 Å². The van der Waals surface area contributed by atoms with E-state index >= 15 is 0 Å². The highest BCUT2D eigenvalue weighted by Gasteiger charge is 2.34. The quantitative estimate of drug-likeness (QED) is 0.711. The van der Waals surface area contributed by atoms with E-state index in [9.17, 15) is 14.0 Å². The van der Waals surface area contributed by atoms with Crippen LogP contribution in [-0.4, -0.2) is 50.1 Å². The maximum atomic E-state index is 13.8. The standard InChI is InChI=1S/C24H29FN2O3/c1-17-12-19(8-9-22(17)25)20-14-21(24(29)26-10-11-30-2)16-27(15-20)23(28)13-18-6-4-3-5-7-18/h3-9,12,20-21H,10-11,13-16H2,1-2H3,(H,26,29)/t20-,21-/m0/s1. The van der Waals surface area contributed by atoms with Gasteiger partial charge in [0, 0.05) is 32.7 Å². The Bertz CT molecular complexity index is 872. The minimum atomic E-state index is -0.314. The van der Waals surface area contributed by atoms with Gasteiger partial charge in [-0.2, -0.15) is 0 Å². The van der Waals surface area contributed by atoms with Gasteiger partial charge in [-0.3, -0.25) is 9.59 Å². The van der Waals surface area contributed by atoms with Crippen LogP contribution in [0.2, 0.25) is 0 Å². The van der Waals surface area contributed by atoms with Crippen LogP contribution in [0.15, 0.2) is 48.5 Å². The molecule has 1 aliphatic rings. The Morgan fingerprint density at radius 3 is 2.63 bits per heavy atom. The summed E-state index contributed by atoms with van der Waals surface area (Å²) in [7, 11) is 1.59. The summed E-state index contributed by atoms with van der Waals surface area (Å²) in [6.45, 7) is 3.52. The van der Waals surface area contributed by atoms with Gasteiger partial charge in [0.25, 0.3) is 0 Å². The van der Waals surface area contributed by atoms with Gasteiger partial charge < -0.3 is 15.0 Å². The van der Waals surface area contributed by atoms with Crippen LogP contribution in [0.25, 0.3) is 0 Å². The lowest BCUT2D eigenvalue weighted by atomic mass is 9.83. The summed E-state index contributed by atoms with van der Waals surface area (Å²) in [4.78, 5) is 27.5. The van der Waals surface area contributed by atoms with Gasteiger partial charge in [-0.05, 0) is 36.1 Å². The average molecular weight is 413 g/mol. The molecule has 1 N–H and O–H groups in total. The fraction of sp³-hybridized carbons (Fsp3) is 0.417. The van der Waals surface area contributed by atoms with E-state index in [-0.39, 0.29) is 29.5 Å². The van der Waals surface area contributed by atoms with E-state index < -0.39 is 0 Å². The van der Waals surface area contributed by atoms with Crippen molar-refractivity contribution in [3.63, 3.8) is 0 Å². The number of nitrogens with one attached hydrogen (secondary N) is 1. The van der Waals surface area contributed by atoms with Gasteiger partial charge in [0.15, 0.2) is 0 Å². The van der Waals surface area contributed by atoms with Crippen LogP contribution >= 0.6 is 0 Å². The van der Waals surface area contributed by atoms with Gasteiger partial charge in [0.1, 0.15) is 5.82 Å². The molecule has 0 spiro atoms. The van der Waals surface area contributed by atoms with Crippen LogP contribution in [-0.2, 0) is 20.7 Å². The second-order valence-electron chi connectivity index (χ2n) is 7.88. The van der Waals surface area contributed by atoms with E-state index in [4.69, 9.17) is 4.74 Å². The molecule has 5 nitrogen and oxygen atoms in total. The third-order valence-electron chi connectivity index (χ3n) is 5.63. The van der Waals surface area contributed by atoms with Gasteiger partial charge in [-0.1, -0.05) is 42.5 Å². The highest BCUT2D eigenvalue weighted by Crippen LogP contribution is 2.31. The van der Waals surface area contributed by atoms with Crippen molar-refractivity contribution in [1.82, 2.24) is 10.2 Å². The van der Waals surface area contributed by atoms with Crippen LogP contribution in [0, 0.1) is 18.7 Å². The minimum absolute atomic E-state index is 0.000532. The summed E-state index contributed by atoms with van der Waals surface area (Å²) in [5.74, 6) is -0.658. The number of piperidine rings is 1. The monoisotopic (exact) mass is 412 g/mol. The number of ether oxygens (including phenoxy) is 1. The number of amides is 2. The molecule has 0 aromatic heterocycles. The molecule has 1 aliphatic heterocycles. The Balaban J connectivity index is 1.77. The molecule has 0 bridgehead atoms. The second-order valence-corrected chi connectivity index (χ2v) is 7.88. The van der Waals surface area contributed by atoms with Crippen LogP contribution in [0.1, 0.15) is 29.0 Å². The summed E-state index contributed by atoms with van der Waals surface area (Å²) >= 11 is 0. The number of nitrogens with zero attached hydrogens (tertiary/aromatic N) is 1. The zero-order valence-electron chi connectivity index (χ0n) is 17.6. The number of rotatable bonds is 7. The largest absolute Gasteiger partial charge is 0.383 e. The van der Waals surface area contributed by atoms with Crippen molar-refractivity contribution >= 4 is 11.8 Å². The fourth-order valence-corrected chi connectivity index (χ4v) is 3.96. The fourth-order valence-electron chi connectivity index (χ4n) is 3.96. The molecule has 1 saturated heterocycles. The Kier molecular flexibility index (Phi) is 7.57. The Morgan fingerprint density at radius 1 is 1.17 bits per heavy atom. The average Bonchev–Trinajstić information content (AvgIpc) is 2.76. The normalized spacial score (nSPS) is 18.8. The first-order chi connectivity index (χ1) is 14.5. The summed E-state index contributed by atoms with van der Waals surface area (Å²) in [5.41, 5.74) is 2.48. The van der Waals surface area contributed by atoms with Crippen molar-refractivity contribution < 1.29 is 18.7 Å². The first-order valence-electron chi connectivity index (χ1n) is 10.3. The predicted molar refractivity (Wildman–Crippen MR) is 114 cm³/mol. The molecule has 0 saturated carbocycles. The van der Waals surface area contributed by atoms with Gasteiger partial charge >= 0.3 is 0 Å². The van der Waals surface area contributed by atoms with Gasteiger partial charge in [0.05, 0.1) is 18.9 Å². The molecule has 0 radical (unpaired) electrons. The maximum absolute atomic E-state index is 13.8. The Hall–Kier alpha value is -2.73. The number of carbonyl (C=O) groups excluding carboxylic acids is 2. The molecule has 2 atom stereocenters. The number of halogens is 1. The minimum Gasteiger partial charge on any atom is -0.383 e. The van der Waals surface area contributed by atoms with E-state index in [0.717, 1.165) is 11.1 Å². The highest BCUT2D eigenvalue weighted by molar-refractivity contribution is 5.82. The van der Waals surface area contributed by atoms with Crippen LogP contribution in [0.3, 0.4) is 0 Å². The lowest BCUT2D eigenvalue weighted by Crippen LogP contribution is -2.48. The molecular formula is C24H29FN2O3. The SMILES string of the molecule is COCCNC(=O)[C@H]1C[C@H](c2ccc(F)c(C)c2)CN(C(=O)Cc2ccccc2)C1. The number of carbonyl (C=O) groups is 2. The molecule has 30 heavy (non-hydrogen) atoms. The molecule has 0 aliphatic carbocycles. The molecule has 2 aromatic carbocycles. The number of hydrogen-bond acceptors (Lipinski definition) is 3. The molecule has 0 unspecified atom stereocenters. The van der Waals surface area contributed by atoms with Gasteiger partial charge in [0.2, 0.25) is 11.8 Å². The van der Waals surface area contributed by atoms with E-state index in [2.05, 4.69) is 5.32 Å². The molecule has 160 valence electrons. The van der Waals surface area contributed by atoms with Crippen molar-refractivity contribution in [2.45, 2.75) is 25.7 Å². The van der Waals surface area contributed by atoms with Crippen molar-refractivity contribution in [2.24, 2.45) is 5.92 Å². The zero-order valence-corrected chi connectivity index (χ0v) is 17.6. The number of likely N-dealkylation sites (tertiary alicyclic amines) is 1. The third kappa shape index (κ3) is 5.66. The van der Waals surface area contributed by atoms with Crippen LogP contribution in [0.4, 0.5) is 4.39 Å². The van der Waals surface area contributed by atoms with Crippen molar-refractivity contribution in [1.29, 1.82) is 0 Å². The molecule has 1 heterocycles. The van der Waals surface area contributed by atoms with Crippen molar-refractivity contribution in [2.75, 3.05) is 33.4 Å². The number of aryl methyl sites for hydroxylation is 1. The summed E-state index contributed by atoms with van der Waals surface area (Å²) in [6, 6.07) is 14.6. The van der Waals surface area contributed by atoms with Crippen LogP contribution in [0.5, 0.6) is 0 Å². The number of methoxy groups -OCH3 is 1. The molecule has 2 aromatic rings.